The molecule has 1 amide bonds. The van der Waals surface area contributed by atoms with Crippen molar-refractivity contribution in [1.29, 1.82) is 0 Å². The van der Waals surface area contributed by atoms with Crippen molar-refractivity contribution in [2.24, 2.45) is 0 Å². The lowest BCUT2D eigenvalue weighted by Gasteiger charge is -2.19. The lowest BCUT2D eigenvalue weighted by atomic mass is 10.1. The minimum absolute atomic E-state index is 0.290. The van der Waals surface area contributed by atoms with Gasteiger partial charge in [-0.3, -0.25) is 0 Å². The van der Waals surface area contributed by atoms with Gasteiger partial charge in [0, 0.05) is 5.56 Å². The van der Waals surface area contributed by atoms with Gasteiger partial charge in [0.15, 0.2) is 0 Å². The van der Waals surface area contributed by atoms with Crippen molar-refractivity contribution >= 4 is 23.9 Å². The number of nitrogens with one attached hydrogen (secondary N) is 1. The average Bonchev–Trinajstić information content (AvgIpc) is 2.66. The molecule has 5 nitrogen and oxygen atoms in total. The van der Waals surface area contributed by atoms with Gasteiger partial charge in [-0.15, -0.1) is 0 Å². The highest BCUT2D eigenvalue weighted by molar-refractivity contribution is 5.83. The van der Waals surface area contributed by atoms with Crippen molar-refractivity contribution in [2.75, 3.05) is 6.54 Å². The van der Waals surface area contributed by atoms with Gasteiger partial charge in [0.05, 0.1) is 0 Å². The first-order valence-corrected chi connectivity index (χ1v) is 9.00. The Balaban J connectivity index is 2.04. The first-order chi connectivity index (χ1) is 13.3. The number of ether oxygens (including phenoxy) is 2. The fraction of sp³-hybridized carbons (Fsp3) is 0.217. The molecule has 0 heterocycles. The zero-order valence-electron chi connectivity index (χ0n) is 16.3. The number of hydrogen-bond acceptors (Lipinski definition) is 4. The first-order valence-electron chi connectivity index (χ1n) is 9.00. The molecule has 0 aromatic heterocycles. The standard InChI is InChI=1S/C23H25NO4/c1-23(2,3)28-22(26)24-17-21(25)27-20(19-14-8-5-9-15-19)16-10-13-18-11-6-4-7-12-18/h4-16H,17H2,1-3H3,(H,24,26)/b13-10+,20-16+. The summed E-state index contributed by atoms with van der Waals surface area (Å²) in [5, 5.41) is 2.40. The molecule has 0 fully saturated rings. The third kappa shape index (κ3) is 7.91. The monoisotopic (exact) mass is 379 g/mol. The lowest BCUT2D eigenvalue weighted by Crippen LogP contribution is -2.35. The van der Waals surface area contributed by atoms with Crippen LogP contribution in [0.2, 0.25) is 0 Å². The van der Waals surface area contributed by atoms with E-state index in [-0.39, 0.29) is 6.54 Å². The molecule has 0 atom stereocenters. The summed E-state index contributed by atoms with van der Waals surface area (Å²) in [7, 11) is 0. The van der Waals surface area contributed by atoms with Crippen molar-refractivity contribution < 1.29 is 19.1 Å². The molecular weight excluding hydrogens is 354 g/mol. The van der Waals surface area contributed by atoms with E-state index in [1.807, 2.05) is 72.8 Å². The second-order valence-corrected chi connectivity index (χ2v) is 7.00. The molecule has 0 saturated heterocycles. The summed E-state index contributed by atoms with van der Waals surface area (Å²) in [5.41, 5.74) is 1.15. The van der Waals surface area contributed by atoms with E-state index in [1.54, 1.807) is 26.8 Å². The van der Waals surface area contributed by atoms with Gasteiger partial charge in [0.25, 0.3) is 0 Å². The SMILES string of the molecule is CC(C)(C)OC(=O)NCC(=O)O/C(=C/C=C/c1ccccc1)c1ccccc1. The zero-order valence-corrected chi connectivity index (χ0v) is 16.3. The van der Waals surface area contributed by atoms with Crippen LogP contribution in [0.4, 0.5) is 4.79 Å². The van der Waals surface area contributed by atoms with Gasteiger partial charge in [-0.25, -0.2) is 9.59 Å². The largest absolute Gasteiger partial charge is 0.444 e. The summed E-state index contributed by atoms with van der Waals surface area (Å²) in [6.07, 6.45) is 4.77. The maximum Gasteiger partial charge on any atom is 0.408 e. The average molecular weight is 379 g/mol. The normalized spacial score (nSPS) is 11.9. The molecule has 146 valence electrons. The van der Waals surface area contributed by atoms with E-state index in [0.717, 1.165) is 11.1 Å². The Morgan fingerprint density at radius 1 is 0.964 bits per heavy atom. The first kappa shape index (κ1) is 21.0. The van der Waals surface area contributed by atoms with E-state index < -0.39 is 17.7 Å². The molecule has 0 aliphatic heterocycles. The summed E-state index contributed by atoms with van der Waals surface area (Å²) >= 11 is 0. The van der Waals surface area contributed by atoms with Crippen LogP contribution in [-0.4, -0.2) is 24.2 Å². The summed E-state index contributed by atoms with van der Waals surface area (Å²) in [6, 6.07) is 19.1. The third-order valence-corrected chi connectivity index (χ3v) is 3.39. The molecule has 0 unspecified atom stereocenters. The quantitative estimate of drug-likeness (QED) is 0.444. The van der Waals surface area contributed by atoms with E-state index in [2.05, 4.69) is 5.32 Å². The van der Waals surface area contributed by atoms with Crippen LogP contribution in [0.3, 0.4) is 0 Å². The molecule has 2 aromatic carbocycles. The molecule has 0 aliphatic rings. The van der Waals surface area contributed by atoms with Gasteiger partial charge in [-0.2, -0.15) is 0 Å². The minimum atomic E-state index is -0.668. The van der Waals surface area contributed by atoms with Crippen LogP contribution in [0.5, 0.6) is 0 Å². The van der Waals surface area contributed by atoms with E-state index in [4.69, 9.17) is 9.47 Å². The predicted octanol–water partition coefficient (Wildman–Crippen LogP) is 4.81. The van der Waals surface area contributed by atoms with Gasteiger partial charge >= 0.3 is 12.1 Å². The van der Waals surface area contributed by atoms with Crippen LogP contribution in [0.1, 0.15) is 31.9 Å². The number of carbonyl (C=O) groups excluding carboxylic acids is 2. The molecule has 0 aliphatic carbocycles. The second kappa shape index (κ2) is 10.1. The highest BCUT2D eigenvalue weighted by Crippen LogP contribution is 2.16. The van der Waals surface area contributed by atoms with Crippen LogP contribution in [0.15, 0.2) is 72.8 Å². The van der Waals surface area contributed by atoms with Gasteiger partial charge < -0.3 is 14.8 Å². The predicted molar refractivity (Wildman–Crippen MR) is 110 cm³/mol. The topological polar surface area (TPSA) is 64.6 Å². The Kier molecular flexibility index (Phi) is 7.57. The zero-order chi connectivity index (χ0) is 20.4. The Morgan fingerprint density at radius 2 is 1.57 bits per heavy atom. The number of benzene rings is 2. The lowest BCUT2D eigenvalue weighted by molar-refractivity contribution is -0.135. The molecule has 0 spiro atoms. The number of rotatable bonds is 6. The summed E-state index contributed by atoms with van der Waals surface area (Å²) in [6.45, 7) is 4.96. The van der Waals surface area contributed by atoms with E-state index in [1.165, 1.54) is 0 Å². The van der Waals surface area contributed by atoms with Gasteiger partial charge in [0.2, 0.25) is 0 Å². The van der Waals surface area contributed by atoms with E-state index >= 15 is 0 Å². The maximum atomic E-state index is 12.2. The number of carbonyl (C=O) groups is 2. The van der Waals surface area contributed by atoms with Crippen molar-refractivity contribution in [3.63, 3.8) is 0 Å². The minimum Gasteiger partial charge on any atom is -0.444 e. The number of alkyl carbamates (subject to hydrolysis) is 1. The summed E-state index contributed by atoms with van der Waals surface area (Å²) in [4.78, 5) is 23.9. The molecule has 2 aromatic rings. The smallest absolute Gasteiger partial charge is 0.408 e. The highest BCUT2D eigenvalue weighted by Gasteiger charge is 2.17. The van der Waals surface area contributed by atoms with Crippen LogP contribution in [0.25, 0.3) is 11.8 Å². The van der Waals surface area contributed by atoms with Gasteiger partial charge in [-0.05, 0) is 32.4 Å². The Labute approximate surface area is 165 Å². The van der Waals surface area contributed by atoms with E-state index in [9.17, 15) is 9.59 Å². The van der Waals surface area contributed by atoms with Gasteiger partial charge in [-0.1, -0.05) is 72.8 Å². The van der Waals surface area contributed by atoms with Crippen LogP contribution < -0.4 is 5.32 Å². The molecule has 0 saturated carbocycles. The Bertz CT molecular complexity index is 834. The fourth-order valence-corrected chi connectivity index (χ4v) is 2.22. The maximum absolute atomic E-state index is 12.2. The summed E-state index contributed by atoms with van der Waals surface area (Å²) < 4.78 is 10.6. The fourth-order valence-electron chi connectivity index (χ4n) is 2.22. The van der Waals surface area contributed by atoms with Gasteiger partial charge in [0.1, 0.15) is 17.9 Å². The molecule has 2 rings (SSSR count). The number of allylic oxidation sites excluding steroid dienone is 2. The van der Waals surface area contributed by atoms with Crippen LogP contribution in [-0.2, 0) is 14.3 Å². The summed E-state index contributed by atoms with van der Waals surface area (Å²) in [5.74, 6) is -0.196. The molecule has 28 heavy (non-hydrogen) atoms. The number of amides is 1. The van der Waals surface area contributed by atoms with Crippen LogP contribution in [0, 0.1) is 0 Å². The molecule has 1 N–H and O–H groups in total. The van der Waals surface area contributed by atoms with Crippen molar-refractivity contribution in [1.82, 2.24) is 5.32 Å². The van der Waals surface area contributed by atoms with Crippen molar-refractivity contribution in [2.45, 2.75) is 26.4 Å². The molecule has 5 heteroatoms. The molecule has 0 bridgehead atoms. The second-order valence-electron chi connectivity index (χ2n) is 7.00. The number of hydrogen-bond donors (Lipinski definition) is 1. The molecule has 0 radical (unpaired) electrons. The van der Waals surface area contributed by atoms with Crippen LogP contribution >= 0.6 is 0 Å². The highest BCUT2D eigenvalue weighted by atomic mass is 16.6. The van der Waals surface area contributed by atoms with Crippen molar-refractivity contribution in [3.8, 4) is 0 Å². The third-order valence-electron chi connectivity index (χ3n) is 3.39. The Hall–Kier alpha value is -3.34. The van der Waals surface area contributed by atoms with E-state index in [0.29, 0.717) is 5.76 Å². The van der Waals surface area contributed by atoms with Crippen molar-refractivity contribution in [3.05, 3.63) is 83.9 Å². The molecular formula is C23H25NO4. The number of esters is 1. The Morgan fingerprint density at radius 3 is 2.18 bits per heavy atom.